The van der Waals surface area contributed by atoms with Gasteiger partial charge in [-0.25, -0.2) is 5.43 Å². The van der Waals surface area contributed by atoms with E-state index in [1.807, 2.05) is 12.3 Å². The molecule has 0 aliphatic carbocycles. The number of ether oxygens (including phenoxy) is 1. The van der Waals surface area contributed by atoms with Crippen LogP contribution >= 0.6 is 23.4 Å². The van der Waals surface area contributed by atoms with Gasteiger partial charge >= 0.3 is 0 Å². The van der Waals surface area contributed by atoms with Gasteiger partial charge in [0.25, 0.3) is 0 Å². The lowest BCUT2D eigenvalue weighted by Gasteiger charge is -2.09. The Morgan fingerprint density at radius 1 is 1.65 bits per heavy atom. The highest BCUT2D eigenvalue weighted by Crippen LogP contribution is 2.36. The Morgan fingerprint density at radius 3 is 2.88 bits per heavy atom. The van der Waals surface area contributed by atoms with E-state index in [9.17, 15) is 0 Å². The summed E-state index contributed by atoms with van der Waals surface area (Å²) in [4.78, 5) is 0.848. The van der Waals surface area contributed by atoms with Crippen LogP contribution in [0.4, 0.5) is 0 Å². The van der Waals surface area contributed by atoms with Crippen molar-refractivity contribution >= 4 is 35.5 Å². The summed E-state index contributed by atoms with van der Waals surface area (Å²) in [5, 5.41) is 11.3. The summed E-state index contributed by atoms with van der Waals surface area (Å²) in [6, 6.07) is 3.60. The Kier molecular flexibility index (Phi) is 5.11. The molecule has 92 valence electrons. The number of hydrazone groups is 1. The second-order valence-corrected chi connectivity index (χ2v) is 4.18. The highest BCUT2D eigenvalue weighted by Gasteiger charge is 2.10. The minimum absolute atomic E-state index is 0.226. The number of benzene rings is 1. The maximum atomic E-state index is 6.95. The van der Waals surface area contributed by atoms with Gasteiger partial charge in [-0.1, -0.05) is 11.6 Å². The van der Waals surface area contributed by atoms with Gasteiger partial charge in [0.2, 0.25) is 5.96 Å². The van der Waals surface area contributed by atoms with Crippen LogP contribution in [0, 0.1) is 5.41 Å². The molecule has 0 unspecified atom stereocenters. The number of nitrogens with one attached hydrogen (secondary N) is 2. The monoisotopic (exact) mass is 272 g/mol. The Bertz CT molecular complexity index is 450. The van der Waals surface area contributed by atoms with Crippen molar-refractivity contribution in [2.24, 2.45) is 10.8 Å². The van der Waals surface area contributed by atoms with Crippen molar-refractivity contribution in [3.05, 3.63) is 22.7 Å². The number of halogens is 1. The van der Waals surface area contributed by atoms with Crippen LogP contribution in [-0.2, 0) is 0 Å². The largest absolute Gasteiger partial charge is 0.496 e. The number of nitrogens with zero attached hydrogens (tertiary/aromatic N) is 1. The zero-order valence-corrected chi connectivity index (χ0v) is 11.0. The molecule has 0 heterocycles. The van der Waals surface area contributed by atoms with Crippen molar-refractivity contribution < 1.29 is 4.74 Å². The third-order valence-corrected chi connectivity index (χ3v) is 3.24. The molecule has 5 nitrogen and oxygen atoms in total. The average molecular weight is 273 g/mol. The fourth-order valence-electron chi connectivity index (χ4n) is 1.18. The predicted octanol–water partition coefficient (Wildman–Crippen LogP) is 1.89. The molecule has 0 aliphatic heterocycles. The fourth-order valence-corrected chi connectivity index (χ4v) is 2.26. The van der Waals surface area contributed by atoms with Crippen LogP contribution < -0.4 is 15.9 Å². The van der Waals surface area contributed by atoms with Crippen LogP contribution in [0.5, 0.6) is 5.75 Å². The first-order valence-electron chi connectivity index (χ1n) is 4.63. The molecule has 4 N–H and O–H groups in total. The highest BCUT2D eigenvalue weighted by molar-refractivity contribution is 7.98. The number of rotatable bonds is 4. The van der Waals surface area contributed by atoms with Gasteiger partial charge in [-0.3, -0.25) is 5.41 Å². The first kappa shape index (κ1) is 13.7. The summed E-state index contributed by atoms with van der Waals surface area (Å²) in [5.41, 5.74) is 8.15. The van der Waals surface area contributed by atoms with E-state index in [1.54, 1.807) is 13.2 Å². The van der Waals surface area contributed by atoms with Gasteiger partial charge < -0.3 is 10.5 Å². The molecule has 0 aromatic heterocycles. The molecule has 0 aliphatic rings. The number of methoxy groups -OCH3 is 1. The van der Waals surface area contributed by atoms with E-state index in [2.05, 4.69) is 10.5 Å². The third-order valence-electron chi connectivity index (χ3n) is 1.90. The van der Waals surface area contributed by atoms with E-state index in [-0.39, 0.29) is 5.96 Å². The van der Waals surface area contributed by atoms with Crippen molar-refractivity contribution in [1.29, 1.82) is 5.41 Å². The Morgan fingerprint density at radius 2 is 2.35 bits per heavy atom. The molecule has 0 saturated carbocycles. The molecule has 0 saturated heterocycles. The molecule has 0 fully saturated rings. The normalized spacial score (nSPS) is 10.5. The number of guanidine groups is 1. The van der Waals surface area contributed by atoms with Gasteiger partial charge in [-0.15, -0.1) is 11.8 Å². The molecule has 0 atom stereocenters. The highest BCUT2D eigenvalue weighted by atomic mass is 35.5. The van der Waals surface area contributed by atoms with Gasteiger partial charge in [-0.2, -0.15) is 5.10 Å². The minimum atomic E-state index is -0.226. The van der Waals surface area contributed by atoms with Crippen molar-refractivity contribution in [3.63, 3.8) is 0 Å². The molecule has 0 bridgehead atoms. The summed E-state index contributed by atoms with van der Waals surface area (Å²) in [6.45, 7) is 0. The van der Waals surface area contributed by atoms with E-state index >= 15 is 0 Å². The van der Waals surface area contributed by atoms with E-state index < -0.39 is 0 Å². The number of hydrogen-bond acceptors (Lipinski definition) is 4. The quantitative estimate of drug-likeness (QED) is 0.338. The molecule has 0 radical (unpaired) electrons. The fraction of sp³-hybridized carbons (Fsp3) is 0.200. The van der Waals surface area contributed by atoms with E-state index in [0.29, 0.717) is 5.02 Å². The second kappa shape index (κ2) is 6.36. The van der Waals surface area contributed by atoms with Crippen LogP contribution in [0.25, 0.3) is 0 Å². The van der Waals surface area contributed by atoms with Gasteiger partial charge in [0.05, 0.1) is 23.2 Å². The summed E-state index contributed by atoms with van der Waals surface area (Å²) in [7, 11) is 1.59. The second-order valence-electron chi connectivity index (χ2n) is 2.99. The Balaban J connectivity index is 3.02. The lowest BCUT2D eigenvalue weighted by atomic mass is 10.2. The molecular formula is C10H13ClN4OS. The van der Waals surface area contributed by atoms with Crippen molar-refractivity contribution in [2.45, 2.75) is 4.90 Å². The van der Waals surface area contributed by atoms with E-state index in [1.165, 1.54) is 18.0 Å². The van der Waals surface area contributed by atoms with Crippen LogP contribution in [-0.4, -0.2) is 25.5 Å². The molecule has 7 heteroatoms. The molecular weight excluding hydrogens is 260 g/mol. The molecule has 1 aromatic rings. The Labute approximate surface area is 109 Å². The standard InChI is InChI=1S/C10H13ClN4OS/c1-16-7-4-3-6(5-14-15-10(12)13)8(11)9(7)17-2/h3-5H,1-2H3,(H4,12,13,15)/b14-5+. The lowest BCUT2D eigenvalue weighted by Crippen LogP contribution is -2.25. The molecule has 1 rings (SSSR count). The molecule has 1 aromatic carbocycles. The van der Waals surface area contributed by atoms with Crippen LogP contribution in [0.3, 0.4) is 0 Å². The van der Waals surface area contributed by atoms with Gasteiger partial charge in [-0.05, 0) is 18.4 Å². The maximum Gasteiger partial charge on any atom is 0.206 e. The maximum absolute atomic E-state index is 6.95. The summed E-state index contributed by atoms with van der Waals surface area (Å²) < 4.78 is 5.20. The lowest BCUT2D eigenvalue weighted by molar-refractivity contribution is 0.405. The number of nitrogens with two attached hydrogens (primary N) is 1. The molecule has 0 spiro atoms. The Hall–Kier alpha value is -1.40. The predicted molar refractivity (Wildman–Crippen MR) is 72.4 cm³/mol. The smallest absolute Gasteiger partial charge is 0.206 e. The van der Waals surface area contributed by atoms with Gasteiger partial charge in [0.15, 0.2) is 0 Å². The zero-order valence-electron chi connectivity index (χ0n) is 9.45. The zero-order chi connectivity index (χ0) is 12.8. The minimum Gasteiger partial charge on any atom is -0.496 e. The van der Waals surface area contributed by atoms with E-state index in [4.69, 9.17) is 27.5 Å². The third kappa shape index (κ3) is 3.54. The average Bonchev–Trinajstić information content (AvgIpc) is 2.30. The number of thioether (sulfide) groups is 1. The van der Waals surface area contributed by atoms with Crippen molar-refractivity contribution in [3.8, 4) is 5.75 Å². The molecule has 17 heavy (non-hydrogen) atoms. The van der Waals surface area contributed by atoms with Crippen molar-refractivity contribution in [1.82, 2.24) is 5.43 Å². The van der Waals surface area contributed by atoms with Crippen LogP contribution in [0.15, 0.2) is 22.1 Å². The summed E-state index contributed by atoms with van der Waals surface area (Å²) in [6.07, 6.45) is 3.42. The van der Waals surface area contributed by atoms with Crippen LogP contribution in [0.1, 0.15) is 5.56 Å². The topological polar surface area (TPSA) is 83.5 Å². The van der Waals surface area contributed by atoms with Crippen LogP contribution in [0.2, 0.25) is 5.02 Å². The SMILES string of the molecule is COc1ccc(/C=N/NC(=N)N)c(Cl)c1SC. The summed E-state index contributed by atoms with van der Waals surface area (Å²) >= 11 is 7.70. The summed E-state index contributed by atoms with van der Waals surface area (Å²) in [5.74, 6) is 0.496. The molecule has 0 amide bonds. The first-order valence-corrected chi connectivity index (χ1v) is 6.24. The first-order chi connectivity index (χ1) is 8.10. The number of hydrogen-bond donors (Lipinski definition) is 3. The van der Waals surface area contributed by atoms with Gasteiger partial charge in [0, 0.05) is 5.56 Å². The van der Waals surface area contributed by atoms with Gasteiger partial charge in [0.1, 0.15) is 5.75 Å². The van der Waals surface area contributed by atoms with E-state index in [0.717, 1.165) is 16.2 Å². The van der Waals surface area contributed by atoms with Crippen molar-refractivity contribution in [2.75, 3.05) is 13.4 Å².